The van der Waals surface area contributed by atoms with E-state index in [0.717, 1.165) is 11.4 Å². The van der Waals surface area contributed by atoms with Gasteiger partial charge in [0.2, 0.25) is 0 Å². The van der Waals surface area contributed by atoms with Crippen molar-refractivity contribution in [2.24, 2.45) is 0 Å². The maximum atomic E-state index is 12.0. The zero-order valence-corrected chi connectivity index (χ0v) is 12.6. The fourth-order valence-corrected chi connectivity index (χ4v) is 2.03. The molecule has 0 aliphatic carbocycles. The van der Waals surface area contributed by atoms with Crippen molar-refractivity contribution in [3.8, 4) is 5.95 Å². The van der Waals surface area contributed by atoms with Crippen LogP contribution in [0.2, 0.25) is 0 Å². The van der Waals surface area contributed by atoms with Gasteiger partial charge in [-0.25, -0.2) is 0 Å². The Hall–Kier alpha value is -2.30. The summed E-state index contributed by atoms with van der Waals surface area (Å²) < 4.78 is 10.5. The summed E-state index contributed by atoms with van der Waals surface area (Å²) in [4.78, 5) is 16.5. The first-order valence-corrected chi connectivity index (χ1v) is 7.04. The summed E-state index contributed by atoms with van der Waals surface area (Å²) >= 11 is 0. The van der Waals surface area contributed by atoms with Gasteiger partial charge in [-0.05, 0) is 39.0 Å². The van der Waals surface area contributed by atoms with Crippen LogP contribution in [0.25, 0.3) is 0 Å². The molecule has 1 amide bonds. The number of nitrogens with zero attached hydrogens (tertiary/aromatic N) is 1. The van der Waals surface area contributed by atoms with Crippen LogP contribution < -0.4 is 10.1 Å². The fraction of sp³-hybridized carbons (Fsp3) is 0.375. The molecule has 2 heterocycles. The van der Waals surface area contributed by atoms with E-state index in [0.29, 0.717) is 19.0 Å². The Balaban J connectivity index is 1.92. The van der Waals surface area contributed by atoms with Crippen molar-refractivity contribution in [1.82, 2.24) is 10.3 Å². The second-order valence-corrected chi connectivity index (χ2v) is 4.90. The summed E-state index contributed by atoms with van der Waals surface area (Å²) in [7, 11) is 0. The Labute approximate surface area is 124 Å². The van der Waals surface area contributed by atoms with E-state index in [1.807, 2.05) is 39.0 Å². The molecule has 112 valence electrons. The van der Waals surface area contributed by atoms with Crippen LogP contribution in [0.5, 0.6) is 5.95 Å². The Bertz CT molecular complexity index is 607. The number of carbonyl (C=O) groups excluding carboxylic acids is 1. The van der Waals surface area contributed by atoms with Crippen molar-refractivity contribution in [2.45, 2.75) is 33.2 Å². The molecule has 2 aromatic heterocycles. The number of hydrogen-bond donors (Lipinski definition) is 1. The molecule has 21 heavy (non-hydrogen) atoms. The number of rotatable bonds is 6. The Morgan fingerprint density at radius 1 is 1.38 bits per heavy atom. The first-order chi connectivity index (χ1) is 10.1. The monoisotopic (exact) mass is 288 g/mol. The van der Waals surface area contributed by atoms with Gasteiger partial charge in [-0.15, -0.1) is 0 Å². The summed E-state index contributed by atoms with van der Waals surface area (Å²) in [5, 5.41) is 2.89. The minimum absolute atomic E-state index is 0.0348. The van der Waals surface area contributed by atoms with Gasteiger partial charge in [0.15, 0.2) is 5.76 Å². The van der Waals surface area contributed by atoms with E-state index in [1.54, 1.807) is 12.1 Å². The third kappa shape index (κ3) is 4.34. The number of hydrogen-bond acceptors (Lipinski definition) is 4. The van der Waals surface area contributed by atoms with E-state index < -0.39 is 0 Å². The van der Waals surface area contributed by atoms with Crippen molar-refractivity contribution in [2.75, 3.05) is 6.61 Å². The highest BCUT2D eigenvalue weighted by Gasteiger charge is 2.15. The normalized spacial score (nSPS) is 12.0. The molecule has 5 heteroatoms. The SMILES string of the molecule is CCOc1ccc(C(=O)N[C@@H](C)Cc2cccc(C)n2)o1. The standard InChI is InChI=1S/C16H20N2O3/c1-4-20-15-9-8-14(21-15)16(19)18-12(3)10-13-7-5-6-11(2)17-13/h5-9,12H,4,10H2,1-3H3,(H,18,19)/t12-/m0/s1. The smallest absolute Gasteiger partial charge is 0.287 e. The molecule has 0 radical (unpaired) electrons. The molecule has 1 N–H and O–H groups in total. The third-order valence-electron chi connectivity index (χ3n) is 2.93. The third-order valence-corrected chi connectivity index (χ3v) is 2.93. The molecular formula is C16H20N2O3. The van der Waals surface area contributed by atoms with Crippen molar-refractivity contribution >= 4 is 5.91 Å². The summed E-state index contributed by atoms with van der Waals surface area (Å²) in [5.41, 5.74) is 1.93. The van der Waals surface area contributed by atoms with Crippen LogP contribution in [0.3, 0.4) is 0 Å². The lowest BCUT2D eigenvalue weighted by Gasteiger charge is -2.12. The van der Waals surface area contributed by atoms with Gasteiger partial charge >= 0.3 is 0 Å². The van der Waals surface area contributed by atoms with E-state index >= 15 is 0 Å². The molecule has 0 aromatic carbocycles. The number of aryl methyl sites for hydroxylation is 1. The highest BCUT2D eigenvalue weighted by Crippen LogP contribution is 2.16. The van der Waals surface area contributed by atoms with Gasteiger partial charge in [0.25, 0.3) is 11.9 Å². The summed E-state index contributed by atoms with van der Waals surface area (Å²) in [6.45, 7) is 6.25. The zero-order valence-electron chi connectivity index (χ0n) is 12.6. The van der Waals surface area contributed by atoms with E-state index in [4.69, 9.17) is 9.15 Å². The van der Waals surface area contributed by atoms with Crippen LogP contribution in [0.4, 0.5) is 0 Å². The maximum absolute atomic E-state index is 12.0. The van der Waals surface area contributed by atoms with Gasteiger partial charge in [-0.1, -0.05) is 6.07 Å². The van der Waals surface area contributed by atoms with Crippen LogP contribution in [0, 0.1) is 6.92 Å². The number of aromatic nitrogens is 1. The van der Waals surface area contributed by atoms with Gasteiger partial charge in [0.05, 0.1) is 6.61 Å². The molecule has 0 saturated carbocycles. The number of amides is 1. The predicted molar refractivity (Wildman–Crippen MR) is 79.5 cm³/mol. The Morgan fingerprint density at radius 3 is 2.90 bits per heavy atom. The molecule has 0 saturated heterocycles. The van der Waals surface area contributed by atoms with Crippen molar-refractivity contribution < 1.29 is 13.9 Å². The largest absolute Gasteiger partial charge is 0.465 e. The maximum Gasteiger partial charge on any atom is 0.287 e. The summed E-state index contributed by atoms with van der Waals surface area (Å²) in [5.74, 6) is 0.360. The zero-order chi connectivity index (χ0) is 15.2. The number of ether oxygens (including phenoxy) is 1. The minimum Gasteiger partial charge on any atom is -0.465 e. The second-order valence-electron chi connectivity index (χ2n) is 4.90. The molecule has 0 fully saturated rings. The molecule has 0 spiro atoms. The summed E-state index contributed by atoms with van der Waals surface area (Å²) in [6.07, 6.45) is 0.673. The molecule has 1 atom stereocenters. The van der Waals surface area contributed by atoms with E-state index in [1.165, 1.54) is 0 Å². The summed E-state index contributed by atoms with van der Waals surface area (Å²) in [6, 6.07) is 9.09. The first-order valence-electron chi connectivity index (χ1n) is 7.04. The van der Waals surface area contributed by atoms with E-state index in [2.05, 4.69) is 10.3 Å². The fourth-order valence-electron chi connectivity index (χ4n) is 2.03. The molecule has 0 bridgehead atoms. The molecule has 2 aromatic rings. The number of nitrogens with one attached hydrogen (secondary N) is 1. The van der Waals surface area contributed by atoms with E-state index in [-0.39, 0.29) is 17.7 Å². The highest BCUT2D eigenvalue weighted by atomic mass is 16.6. The lowest BCUT2D eigenvalue weighted by molar-refractivity contribution is 0.0903. The second kappa shape index (κ2) is 6.92. The van der Waals surface area contributed by atoms with Gasteiger partial charge < -0.3 is 14.5 Å². The molecular weight excluding hydrogens is 268 g/mol. The van der Waals surface area contributed by atoms with Crippen LogP contribution in [-0.4, -0.2) is 23.5 Å². The predicted octanol–water partition coefficient (Wildman–Crippen LogP) is 2.74. The lowest BCUT2D eigenvalue weighted by Crippen LogP contribution is -2.34. The number of carbonyl (C=O) groups is 1. The van der Waals surface area contributed by atoms with Gasteiger partial charge in [0.1, 0.15) is 0 Å². The topological polar surface area (TPSA) is 64.4 Å². The van der Waals surface area contributed by atoms with E-state index in [9.17, 15) is 4.79 Å². The molecule has 0 aliphatic heterocycles. The van der Waals surface area contributed by atoms with Gasteiger partial charge in [0, 0.05) is 29.9 Å². The Morgan fingerprint density at radius 2 is 2.19 bits per heavy atom. The minimum atomic E-state index is -0.249. The lowest BCUT2D eigenvalue weighted by atomic mass is 10.1. The van der Waals surface area contributed by atoms with Crippen LogP contribution in [0.1, 0.15) is 35.8 Å². The van der Waals surface area contributed by atoms with Crippen molar-refractivity contribution in [3.63, 3.8) is 0 Å². The van der Waals surface area contributed by atoms with Crippen molar-refractivity contribution in [1.29, 1.82) is 0 Å². The number of furan rings is 1. The molecule has 0 aliphatic rings. The Kier molecular flexibility index (Phi) is 4.98. The average molecular weight is 288 g/mol. The molecule has 2 rings (SSSR count). The van der Waals surface area contributed by atoms with Gasteiger partial charge in [-0.2, -0.15) is 0 Å². The molecule has 0 unspecified atom stereocenters. The van der Waals surface area contributed by atoms with Crippen LogP contribution in [0.15, 0.2) is 34.7 Å². The van der Waals surface area contributed by atoms with Crippen LogP contribution in [-0.2, 0) is 6.42 Å². The average Bonchev–Trinajstić information content (AvgIpc) is 2.87. The molecule has 5 nitrogen and oxygen atoms in total. The van der Waals surface area contributed by atoms with Crippen molar-refractivity contribution in [3.05, 3.63) is 47.5 Å². The van der Waals surface area contributed by atoms with Crippen LogP contribution >= 0.6 is 0 Å². The highest BCUT2D eigenvalue weighted by molar-refractivity contribution is 5.91. The number of pyridine rings is 1. The van der Waals surface area contributed by atoms with Gasteiger partial charge in [-0.3, -0.25) is 9.78 Å². The first kappa shape index (κ1) is 15.1. The quantitative estimate of drug-likeness (QED) is 0.887.